The summed E-state index contributed by atoms with van der Waals surface area (Å²) >= 11 is 1.22. The van der Waals surface area contributed by atoms with Crippen molar-refractivity contribution in [3.05, 3.63) is 60.2 Å². The highest BCUT2D eigenvalue weighted by molar-refractivity contribution is 8.00. The van der Waals surface area contributed by atoms with Crippen LogP contribution in [0.15, 0.2) is 59.8 Å². The van der Waals surface area contributed by atoms with Gasteiger partial charge in [0.2, 0.25) is 17.0 Å². The Morgan fingerprint density at radius 1 is 1.11 bits per heavy atom. The zero-order valence-corrected chi connectivity index (χ0v) is 15.6. The van der Waals surface area contributed by atoms with Crippen LogP contribution in [0.1, 0.15) is 18.9 Å². The molecule has 3 aromatic rings. The maximum absolute atomic E-state index is 12.8. The zero-order valence-electron chi connectivity index (χ0n) is 14.8. The fraction of sp³-hybridized carbons (Fsp3) is 0.200. The number of imide groups is 1. The predicted octanol–water partition coefficient (Wildman–Crippen LogP) is 3.46. The molecule has 0 aliphatic carbocycles. The molecule has 1 N–H and O–H groups in total. The van der Waals surface area contributed by atoms with Gasteiger partial charge in [-0.15, -0.1) is 5.10 Å². The first-order valence-corrected chi connectivity index (χ1v) is 9.64. The first-order chi connectivity index (χ1) is 13.2. The fourth-order valence-corrected chi connectivity index (χ4v) is 3.93. The number of aryl methyl sites for hydroxylation is 1. The number of thioether (sulfide) groups is 1. The van der Waals surface area contributed by atoms with E-state index in [1.807, 2.05) is 54.6 Å². The number of H-pyrrole nitrogens is 1. The van der Waals surface area contributed by atoms with Crippen LogP contribution in [0.25, 0.3) is 11.4 Å². The lowest BCUT2D eigenvalue weighted by Gasteiger charge is -2.15. The summed E-state index contributed by atoms with van der Waals surface area (Å²) < 4.78 is 0. The van der Waals surface area contributed by atoms with Gasteiger partial charge in [-0.05, 0) is 24.1 Å². The fourth-order valence-electron chi connectivity index (χ4n) is 3.00. The summed E-state index contributed by atoms with van der Waals surface area (Å²) in [7, 11) is 0. The van der Waals surface area contributed by atoms with E-state index >= 15 is 0 Å². The topological polar surface area (TPSA) is 79.0 Å². The number of nitrogens with zero attached hydrogens (tertiary/aromatic N) is 3. The van der Waals surface area contributed by atoms with Gasteiger partial charge in [0.15, 0.2) is 5.82 Å². The molecule has 0 saturated carbocycles. The highest BCUT2D eigenvalue weighted by Crippen LogP contribution is 2.33. The number of carbonyl (C=O) groups excluding carboxylic acids is 2. The molecule has 0 spiro atoms. The molecule has 0 radical (unpaired) electrons. The summed E-state index contributed by atoms with van der Waals surface area (Å²) in [6, 6.07) is 17.2. The highest BCUT2D eigenvalue weighted by Gasteiger charge is 2.40. The number of hydrogen-bond donors (Lipinski definition) is 1. The first-order valence-electron chi connectivity index (χ1n) is 8.76. The minimum atomic E-state index is -0.511. The van der Waals surface area contributed by atoms with Crippen molar-refractivity contribution in [2.24, 2.45) is 0 Å². The third kappa shape index (κ3) is 3.50. The van der Waals surface area contributed by atoms with Gasteiger partial charge in [-0.25, -0.2) is 9.88 Å². The van der Waals surface area contributed by atoms with Crippen LogP contribution in [0.5, 0.6) is 0 Å². The van der Waals surface area contributed by atoms with Crippen LogP contribution in [-0.2, 0) is 16.0 Å². The van der Waals surface area contributed by atoms with Gasteiger partial charge in [0.1, 0.15) is 5.25 Å². The van der Waals surface area contributed by atoms with Crippen LogP contribution >= 0.6 is 11.8 Å². The van der Waals surface area contributed by atoms with E-state index in [0.29, 0.717) is 16.7 Å². The van der Waals surface area contributed by atoms with E-state index in [1.54, 1.807) is 0 Å². The maximum atomic E-state index is 12.8. The van der Waals surface area contributed by atoms with E-state index in [4.69, 9.17) is 0 Å². The average molecular weight is 378 g/mol. The number of aromatic amines is 1. The number of nitrogens with one attached hydrogen (secondary N) is 1. The predicted molar refractivity (Wildman–Crippen MR) is 104 cm³/mol. The van der Waals surface area contributed by atoms with Crippen molar-refractivity contribution < 1.29 is 9.59 Å². The van der Waals surface area contributed by atoms with Gasteiger partial charge >= 0.3 is 0 Å². The van der Waals surface area contributed by atoms with Gasteiger partial charge in [0.05, 0.1) is 5.69 Å². The summed E-state index contributed by atoms with van der Waals surface area (Å²) in [5.41, 5.74) is 2.70. The second kappa shape index (κ2) is 7.36. The van der Waals surface area contributed by atoms with Gasteiger partial charge in [0, 0.05) is 12.0 Å². The van der Waals surface area contributed by atoms with Crippen molar-refractivity contribution in [3.8, 4) is 11.4 Å². The molecule has 27 heavy (non-hydrogen) atoms. The van der Waals surface area contributed by atoms with E-state index in [2.05, 4.69) is 22.1 Å². The molecule has 0 unspecified atom stereocenters. The molecular weight excluding hydrogens is 360 g/mol. The number of carbonyl (C=O) groups is 2. The van der Waals surface area contributed by atoms with Gasteiger partial charge in [-0.3, -0.25) is 14.7 Å². The zero-order chi connectivity index (χ0) is 18.8. The molecule has 2 aromatic carbocycles. The number of anilines is 1. The molecule has 0 bridgehead atoms. The lowest BCUT2D eigenvalue weighted by molar-refractivity contribution is -0.121. The Labute approximate surface area is 161 Å². The largest absolute Gasteiger partial charge is 0.274 e. The van der Waals surface area contributed by atoms with Crippen LogP contribution in [0, 0.1) is 0 Å². The number of rotatable bonds is 5. The van der Waals surface area contributed by atoms with Crippen molar-refractivity contribution in [1.29, 1.82) is 0 Å². The normalized spacial score (nSPS) is 16.9. The molecule has 1 fully saturated rings. The Hall–Kier alpha value is -2.93. The van der Waals surface area contributed by atoms with E-state index < -0.39 is 5.25 Å². The summed E-state index contributed by atoms with van der Waals surface area (Å²) in [4.78, 5) is 30.9. The standard InChI is InChI=1S/C20H18N4O2S/c1-2-13-8-10-15(11-9-13)24-17(25)12-16(19(24)26)27-20-21-18(22-23-20)14-6-4-3-5-7-14/h3-11,16H,2,12H2,1H3,(H,21,22,23)/t16-/m1/s1. The van der Waals surface area contributed by atoms with E-state index in [-0.39, 0.29) is 18.2 Å². The lowest BCUT2D eigenvalue weighted by Crippen LogP contribution is -2.31. The Morgan fingerprint density at radius 2 is 1.85 bits per heavy atom. The third-order valence-electron chi connectivity index (χ3n) is 4.47. The number of aromatic nitrogens is 3. The Morgan fingerprint density at radius 3 is 2.56 bits per heavy atom. The molecule has 6 nitrogen and oxygen atoms in total. The highest BCUT2D eigenvalue weighted by atomic mass is 32.2. The Bertz CT molecular complexity index is 969. The monoisotopic (exact) mass is 378 g/mol. The molecule has 136 valence electrons. The van der Waals surface area contributed by atoms with Gasteiger partial charge in [-0.1, -0.05) is 61.2 Å². The molecule has 7 heteroatoms. The van der Waals surface area contributed by atoms with Crippen molar-refractivity contribution >= 4 is 29.3 Å². The van der Waals surface area contributed by atoms with Gasteiger partial charge < -0.3 is 0 Å². The number of amides is 2. The summed E-state index contributed by atoms with van der Waals surface area (Å²) in [6.45, 7) is 2.06. The molecule has 1 atom stereocenters. The molecule has 2 amide bonds. The van der Waals surface area contributed by atoms with Crippen LogP contribution in [0.3, 0.4) is 0 Å². The minimum Gasteiger partial charge on any atom is -0.274 e. The first kappa shape index (κ1) is 17.5. The summed E-state index contributed by atoms with van der Waals surface area (Å²) in [6.07, 6.45) is 1.06. The molecular formula is C20H18N4O2S. The van der Waals surface area contributed by atoms with Crippen molar-refractivity contribution in [2.45, 2.75) is 30.2 Å². The average Bonchev–Trinajstić information content (AvgIpc) is 3.27. The van der Waals surface area contributed by atoms with Crippen LogP contribution < -0.4 is 4.90 Å². The van der Waals surface area contributed by atoms with Crippen LogP contribution in [-0.4, -0.2) is 32.2 Å². The van der Waals surface area contributed by atoms with Crippen LogP contribution in [0.4, 0.5) is 5.69 Å². The molecule has 1 aliphatic heterocycles. The van der Waals surface area contributed by atoms with Crippen molar-refractivity contribution in [3.63, 3.8) is 0 Å². The Kier molecular flexibility index (Phi) is 4.77. The lowest BCUT2D eigenvalue weighted by atomic mass is 10.1. The maximum Gasteiger partial charge on any atom is 0.247 e. The SMILES string of the molecule is CCc1ccc(N2C(=O)C[C@@H](Sc3n[nH]c(-c4ccccc4)n3)C2=O)cc1. The Balaban J connectivity index is 1.50. The summed E-state index contributed by atoms with van der Waals surface area (Å²) in [5.74, 6) is 0.225. The van der Waals surface area contributed by atoms with E-state index in [1.165, 1.54) is 16.7 Å². The quantitative estimate of drug-likeness (QED) is 0.688. The second-order valence-electron chi connectivity index (χ2n) is 6.23. The number of benzene rings is 2. The van der Waals surface area contributed by atoms with Crippen molar-refractivity contribution in [2.75, 3.05) is 4.90 Å². The van der Waals surface area contributed by atoms with Gasteiger partial charge in [0.25, 0.3) is 0 Å². The molecule has 1 aliphatic rings. The minimum absolute atomic E-state index is 0.147. The molecule has 2 heterocycles. The smallest absolute Gasteiger partial charge is 0.247 e. The molecule has 1 aromatic heterocycles. The summed E-state index contributed by atoms with van der Waals surface area (Å²) in [5, 5.41) is 7.02. The second-order valence-corrected chi connectivity index (χ2v) is 7.40. The van der Waals surface area contributed by atoms with Crippen molar-refractivity contribution in [1.82, 2.24) is 15.2 Å². The number of hydrogen-bond acceptors (Lipinski definition) is 5. The van der Waals surface area contributed by atoms with E-state index in [0.717, 1.165) is 17.5 Å². The van der Waals surface area contributed by atoms with E-state index in [9.17, 15) is 9.59 Å². The molecule has 4 rings (SSSR count). The van der Waals surface area contributed by atoms with Crippen LogP contribution in [0.2, 0.25) is 0 Å². The third-order valence-corrected chi connectivity index (χ3v) is 5.51. The van der Waals surface area contributed by atoms with Gasteiger partial charge in [-0.2, -0.15) is 0 Å². The molecule has 1 saturated heterocycles.